The van der Waals surface area contributed by atoms with Gasteiger partial charge in [0.1, 0.15) is 11.9 Å². The van der Waals surface area contributed by atoms with Gasteiger partial charge in [-0.2, -0.15) is 0 Å². The molecule has 0 aromatic carbocycles. The second-order valence-corrected chi connectivity index (χ2v) is 7.51. The molecule has 1 aliphatic carbocycles. The highest BCUT2D eigenvalue weighted by Crippen LogP contribution is 2.43. The normalized spacial score (nSPS) is 28.1. The third kappa shape index (κ3) is 3.82. The van der Waals surface area contributed by atoms with Crippen LogP contribution in [0.15, 0.2) is 36.7 Å². The summed E-state index contributed by atoms with van der Waals surface area (Å²) in [4.78, 5) is 15.8. The van der Waals surface area contributed by atoms with E-state index in [4.69, 9.17) is 14.5 Å². The standard InChI is InChI=1S/C21H28N4O2/c1-3-19-22-12-8-16(24-19)15-25-13-10-21(26-2)9-7-17(14-18(21)25)27-20-6-4-5-11-23-20/h4-6,8,11-12,17-18H,3,7,9-10,13-15H2,1-2H3/t17?,18?,21-/m1/s1. The number of aromatic nitrogens is 3. The maximum absolute atomic E-state index is 6.17. The summed E-state index contributed by atoms with van der Waals surface area (Å²) in [5.41, 5.74) is 1.02. The van der Waals surface area contributed by atoms with Crippen molar-refractivity contribution in [2.75, 3.05) is 13.7 Å². The minimum absolute atomic E-state index is 0.0649. The Hall–Kier alpha value is -2.05. The molecule has 3 heterocycles. The fourth-order valence-corrected chi connectivity index (χ4v) is 4.55. The molecule has 6 nitrogen and oxygen atoms in total. The Balaban J connectivity index is 1.48. The van der Waals surface area contributed by atoms with Crippen molar-refractivity contribution in [1.29, 1.82) is 0 Å². The van der Waals surface area contributed by atoms with Gasteiger partial charge in [-0.3, -0.25) is 4.90 Å². The lowest BCUT2D eigenvalue weighted by atomic mass is 9.79. The average molecular weight is 368 g/mol. The monoisotopic (exact) mass is 368 g/mol. The van der Waals surface area contributed by atoms with Gasteiger partial charge in [0, 0.05) is 57.5 Å². The molecule has 2 aromatic rings. The number of ether oxygens (including phenoxy) is 2. The van der Waals surface area contributed by atoms with Gasteiger partial charge in [0.15, 0.2) is 0 Å². The molecule has 27 heavy (non-hydrogen) atoms. The molecule has 0 spiro atoms. The molecule has 2 unspecified atom stereocenters. The molecule has 6 heteroatoms. The van der Waals surface area contributed by atoms with E-state index in [1.54, 1.807) is 6.20 Å². The molecule has 144 valence electrons. The van der Waals surface area contributed by atoms with Crippen molar-refractivity contribution in [2.24, 2.45) is 0 Å². The third-order valence-corrected chi connectivity index (χ3v) is 6.02. The highest BCUT2D eigenvalue weighted by Gasteiger charge is 2.51. The van der Waals surface area contributed by atoms with Crippen LogP contribution >= 0.6 is 0 Å². The summed E-state index contributed by atoms with van der Waals surface area (Å²) in [5.74, 6) is 1.62. The van der Waals surface area contributed by atoms with Crippen LogP contribution in [0.3, 0.4) is 0 Å². The predicted octanol–water partition coefficient (Wildman–Crippen LogP) is 3.03. The van der Waals surface area contributed by atoms with Crippen LogP contribution in [-0.4, -0.2) is 51.3 Å². The van der Waals surface area contributed by atoms with Crippen LogP contribution < -0.4 is 4.74 Å². The van der Waals surface area contributed by atoms with E-state index in [0.29, 0.717) is 11.9 Å². The van der Waals surface area contributed by atoms with Crippen molar-refractivity contribution in [3.05, 3.63) is 48.2 Å². The Morgan fingerprint density at radius 2 is 2.11 bits per heavy atom. The smallest absolute Gasteiger partial charge is 0.213 e. The van der Waals surface area contributed by atoms with Gasteiger partial charge in [0.05, 0.1) is 11.3 Å². The maximum Gasteiger partial charge on any atom is 0.213 e. The molecule has 2 fully saturated rings. The molecule has 1 saturated heterocycles. The number of rotatable bonds is 6. The summed E-state index contributed by atoms with van der Waals surface area (Å²) < 4.78 is 12.2. The fourth-order valence-electron chi connectivity index (χ4n) is 4.55. The van der Waals surface area contributed by atoms with Gasteiger partial charge in [-0.25, -0.2) is 15.0 Å². The van der Waals surface area contributed by atoms with E-state index in [-0.39, 0.29) is 11.7 Å². The Bertz CT molecular complexity index is 757. The molecule has 3 atom stereocenters. The lowest BCUT2D eigenvalue weighted by molar-refractivity contribution is -0.0844. The number of likely N-dealkylation sites (tertiary alicyclic amines) is 1. The summed E-state index contributed by atoms with van der Waals surface area (Å²) in [7, 11) is 1.86. The van der Waals surface area contributed by atoms with Gasteiger partial charge in [-0.05, 0) is 31.4 Å². The van der Waals surface area contributed by atoms with Crippen LogP contribution in [0.5, 0.6) is 5.88 Å². The van der Waals surface area contributed by atoms with Crippen LogP contribution in [0.1, 0.15) is 44.1 Å². The van der Waals surface area contributed by atoms with E-state index in [0.717, 1.165) is 56.7 Å². The zero-order valence-corrected chi connectivity index (χ0v) is 16.2. The number of aryl methyl sites for hydroxylation is 1. The van der Waals surface area contributed by atoms with Crippen molar-refractivity contribution in [2.45, 2.75) is 63.3 Å². The van der Waals surface area contributed by atoms with Crippen molar-refractivity contribution < 1.29 is 9.47 Å². The number of methoxy groups -OCH3 is 1. The topological polar surface area (TPSA) is 60.4 Å². The first kappa shape index (κ1) is 18.3. The van der Waals surface area contributed by atoms with Crippen molar-refractivity contribution >= 4 is 0 Å². The van der Waals surface area contributed by atoms with Crippen LogP contribution in [0.2, 0.25) is 0 Å². The number of fused-ring (bicyclic) bond motifs is 1. The minimum Gasteiger partial charge on any atom is -0.474 e. The van der Waals surface area contributed by atoms with E-state index in [1.165, 1.54) is 0 Å². The van der Waals surface area contributed by atoms with E-state index >= 15 is 0 Å². The zero-order valence-electron chi connectivity index (χ0n) is 16.2. The number of hydrogen-bond acceptors (Lipinski definition) is 6. The second kappa shape index (κ2) is 7.90. The van der Waals surface area contributed by atoms with Gasteiger partial charge in [0.25, 0.3) is 0 Å². The SMILES string of the molecule is CCc1nccc(CN2CC[C@]3(OC)CCC(Oc4ccccn4)CC23)n1. The predicted molar refractivity (Wildman–Crippen MR) is 102 cm³/mol. The number of nitrogens with zero attached hydrogens (tertiary/aromatic N) is 4. The third-order valence-electron chi connectivity index (χ3n) is 6.02. The molecule has 2 aromatic heterocycles. The van der Waals surface area contributed by atoms with Crippen LogP contribution in [0.25, 0.3) is 0 Å². The molecule has 0 radical (unpaired) electrons. The molecule has 4 rings (SSSR count). The lowest BCUT2D eigenvalue weighted by Gasteiger charge is -2.43. The van der Waals surface area contributed by atoms with Crippen LogP contribution in [0.4, 0.5) is 0 Å². The summed E-state index contributed by atoms with van der Waals surface area (Å²) in [6.45, 7) is 3.95. The molecular formula is C21H28N4O2. The maximum atomic E-state index is 6.17. The first-order chi connectivity index (χ1) is 13.2. The largest absolute Gasteiger partial charge is 0.474 e. The number of hydrogen-bond donors (Lipinski definition) is 0. The first-order valence-electron chi connectivity index (χ1n) is 9.90. The van der Waals surface area contributed by atoms with Crippen molar-refractivity contribution in [1.82, 2.24) is 19.9 Å². The zero-order chi connectivity index (χ0) is 18.7. The van der Waals surface area contributed by atoms with Crippen molar-refractivity contribution in [3.63, 3.8) is 0 Å². The molecule has 1 aliphatic heterocycles. The van der Waals surface area contributed by atoms with Gasteiger partial charge in [-0.1, -0.05) is 13.0 Å². The number of pyridine rings is 1. The van der Waals surface area contributed by atoms with E-state index in [2.05, 4.69) is 21.8 Å². The van der Waals surface area contributed by atoms with Gasteiger partial charge in [0.2, 0.25) is 5.88 Å². The first-order valence-corrected chi connectivity index (χ1v) is 9.90. The molecule has 1 saturated carbocycles. The Morgan fingerprint density at radius 1 is 1.19 bits per heavy atom. The van der Waals surface area contributed by atoms with Gasteiger partial charge >= 0.3 is 0 Å². The van der Waals surface area contributed by atoms with Crippen LogP contribution in [0, 0.1) is 0 Å². The van der Waals surface area contributed by atoms with Gasteiger partial charge < -0.3 is 9.47 Å². The summed E-state index contributed by atoms with van der Waals surface area (Å²) in [6, 6.07) is 8.17. The summed E-state index contributed by atoms with van der Waals surface area (Å²) in [6.07, 6.45) is 8.72. The van der Waals surface area contributed by atoms with E-state index in [1.807, 2.05) is 37.6 Å². The van der Waals surface area contributed by atoms with Crippen molar-refractivity contribution in [3.8, 4) is 5.88 Å². The molecule has 0 N–H and O–H groups in total. The lowest BCUT2D eigenvalue weighted by Crippen LogP contribution is -2.52. The highest BCUT2D eigenvalue weighted by atomic mass is 16.5. The molecule has 0 amide bonds. The molecule has 2 aliphatic rings. The molecule has 0 bridgehead atoms. The Kier molecular flexibility index (Phi) is 5.36. The minimum atomic E-state index is -0.0649. The fraction of sp³-hybridized carbons (Fsp3) is 0.571. The Morgan fingerprint density at radius 3 is 2.89 bits per heavy atom. The average Bonchev–Trinajstić information content (AvgIpc) is 3.07. The van der Waals surface area contributed by atoms with Crippen LogP contribution in [-0.2, 0) is 17.7 Å². The summed E-state index contributed by atoms with van der Waals surface area (Å²) in [5, 5.41) is 0. The second-order valence-electron chi connectivity index (χ2n) is 7.51. The summed E-state index contributed by atoms with van der Waals surface area (Å²) >= 11 is 0. The Labute approximate surface area is 161 Å². The van der Waals surface area contributed by atoms with E-state index in [9.17, 15) is 0 Å². The highest BCUT2D eigenvalue weighted by molar-refractivity contribution is 5.12. The van der Waals surface area contributed by atoms with E-state index < -0.39 is 0 Å². The quantitative estimate of drug-likeness (QED) is 0.781. The van der Waals surface area contributed by atoms with Gasteiger partial charge in [-0.15, -0.1) is 0 Å². The molecular weight excluding hydrogens is 340 g/mol.